The number of amides is 1. The predicted molar refractivity (Wildman–Crippen MR) is 96.6 cm³/mol. The quantitative estimate of drug-likeness (QED) is 0.888. The molecule has 3 aliphatic carbocycles. The zero-order chi connectivity index (χ0) is 17.2. The first kappa shape index (κ1) is 17.0. The van der Waals surface area contributed by atoms with Crippen LogP contribution >= 0.6 is 0 Å². The summed E-state index contributed by atoms with van der Waals surface area (Å²) in [6, 6.07) is 7.09. The lowest BCUT2D eigenvalue weighted by molar-refractivity contribution is -0.130. The number of hydrogen-bond donors (Lipinski definition) is 1. The standard InChI is InChI=1S/C21H29FN2O/c22-18-7-3-15(4-8-18)9-11-24-12-10-19(14-24)23-21(25)20-13-16-1-5-17(20)6-2-16/h3-4,7-8,16-17,19-20H,1-2,5-6,9-14H2,(H,23,25)/t16?,17?,19?,20-/m0/s1. The number of nitrogens with one attached hydrogen (secondary N) is 1. The molecule has 1 aromatic rings. The van der Waals surface area contributed by atoms with E-state index in [2.05, 4.69) is 10.2 Å². The Balaban J connectivity index is 1.22. The van der Waals surface area contributed by atoms with Crippen molar-refractivity contribution in [2.75, 3.05) is 19.6 Å². The van der Waals surface area contributed by atoms with Gasteiger partial charge in [-0.25, -0.2) is 4.39 Å². The number of nitrogens with zero attached hydrogens (tertiary/aromatic N) is 1. The highest BCUT2D eigenvalue weighted by Crippen LogP contribution is 2.45. The maximum atomic E-state index is 13.0. The van der Waals surface area contributed by atoms with E-state index in [0.717, 1.165) is 44.8 Å². The molecule has 0 radical (unpaired) electrons. The van der Waals surface area contributed by atoms with Gasteiger partial charge in [0.25, 0.3) is 0 Å². The molecule has 1 heterocycles. The molecule has 1 aromatic carbocycles. The number of benzene rings is 1. The first-order valence-corrected chi connectivity index (χ1v) is 9.94. The molecule has 1 saturated heterocycles. The van der Waals surface area contributed by atoms with Gasteiger partial charge in [0, 0.05) is 31.6 Å². The van der Waals surface area contributed by atoms with Crippen molar-refractivity contribution in [2.45, 2.75) is 51.0 Å². The summed E-state index contributed by atoms with van der Waals surface area (Å²) in [6.07, 6.45) is 8.32. The minimum atomic E-state index is -0.177. The van der Waals surface area contributed by atoms with Crippen molar-refractivity contribution in [3.8, 4) is 0 Å². The van der Waals surface area contributed by atoms with E-state index in [-0.39, 0.29) is 11.7 Å². The number of hydrogen-bond acceptors (Lipinski definition) is 2. The molecule has 5 rings (SSSR count). The molecule has 3 saturated carbocycles. The van der Waals surface area contributed by atoms with Crippen LogP contribution in [0.5, 0.6) is 0 Å². The average molecular weight is 344 g/mol. The Bertz CT molecular complexity index is 594. The van der Waals surface area contributed by atoms with Crippen molar-refractivity contribution in [1.82, 2.24) is 10.2 Å². The van der Waals surface area contributed by atoms with E-state index in [1.807, 2.05) is 12.1 Å². The van der Waals surface area contributed by atoms with Crippen LogP contribution in [-0.2, 0) is 11.2 Å². The van der Waals surface area contributed by atoms with Crippen LogP contribution in [0.4, 0.5) is 4.39 Å². The summed E-state index contributed by atoms with van der Waals surface area (Å²) in [4.78, 5) is 15.1. The monoisotopic (exact) mass is 344 g/mol. The number of halogens is 1. The Labute approximate surface area is 150 Å². The summed E-state index contributed by atoms with van der Waals surface area (Å²) in [7, 11) is 0. The lowest BCUT2D eigenvalue weighted by Crippen LogP contribution is -2.46. The Hall–Kier alpha value is -1.42. The summed E-state index contributed by atoms with van der Waals surface area (Å²) in [5.41, 5.74) is 1.17. The van der Waals surface area contributed by atoms with E-state index in [1.54, 1.807) is 0 Å². The number of carbonyl (C=O) groups is 1. The number of likely N-dealkylation sites (tertiary alicyclic amines) is 1. The molecule has 25 heavy (non-hydrogen) atoms. The van der Waals surface area contributed by atoms with Crippen molar-refractivity contribution in [1.29, 1.82) is 0 Å². The van der Waals surface area contributed by atoms with Crippen LogP contribution in [0.25, 0.3) is 0 Å². The zero-order valence-electron chi connectivity index (χ0n) is 14.9. The van der Waals surface area contributed by atoms with Gasteiger partial charge >= 0.3 is 0 Å². The smallest absolute Gasteiger partial charge is 0.223 e. The van der Waals surface area contributed by atoms with Crippen molar-refractivity contribution in [3.63, 3.8) is 0 Å². The highest BCUT2D eigenvalue weighted by atomic mass is 19.1. The zero-order valence-corrected chi connectivity index (χ0v) is 14.9. The molecule has 2 bridgehead atoms. The van der Waals surface area contributed by atoms with Crippen LogP contribution in [0.3, 0.4) is 0 Å². The van der Waals surface area contributed by atoms with Gasteiger partial charge in [0.05, 0.1) is 0 Å². The number of rotatable bonds is 5. The normalized spacial score (nSPS) is 32.0. The number of carbonyl (C=O) groups excluding carboxylic acids is 1. The lowest BCUT2D eigenvalue weighted by atomic mass is 9.64. The molecule has 1 aliphatic heterocycles. The molecule has 0 spiro atoms. The van der Waals surface area contributed by atoms with E-state index >= 15 is 0 Å². The van der Waals surface area contributed by atoms with Crippen molar-refractivity contribution in [3.05, 3.63) is 35.6 Å². The van der Waals surface area contributed by atoms with Crippen LogP contribution < -0.4 is 5.32 Å². The summed E-state index contributed by atoms with van der Waals surface area (Å²) in [5, 5.41) is 3.34. The Morgan fingerprint density at radius 1 is 1.12 bits per heavy atom. The van der Waals surface area contributed by atoms with Crippen LogP contribution in [0.15, 0.2) is 24.3 Å². The summed E-state index contributed by atoms with van der Waals surface area (Å²) in [5.74, 6) is 1.86. The Morgan fingerprint density at radius 2 is 1.88 bits per heavy atom. The summed E-state index contributed by atoms with van der Waals surface area (Å²) >= 11 is 0. The lowest BCUT2D eigenvalue weighted by Gasteiger charge is -2.41. The topological polar surface area (TPSA) is 32.3 Å². The first-order valence-electron chi connectivity index (χ1n) is 9.94. The molecule has 136 valence electrons. The minimum absolute atomic E-state index is 0.177. The third-order valence-electron chi connectivity index (χ3n) is 6.63. The van der Waals surface area contributed by atoms with E-state index in [0.29, 0.717) is 17.9 Å². The second-order valence-electron chi connectivity index (χ2n) is 8.29. The SMILES string of the molecule is O=C(NC1CCN(CCc2ccc(F)cc2)C1)[C@H]1CC2CCC1CC2. The second kappa shape index (κ2) is 7.45. The molecule has 1 unspecified atom stereocenters. The van der Waals surface area contributed by atoms with E-state index in [1.165, 1.54) is 43.4 Å². The maximum Gasteiger partial charge on any atom is 0.223 e. The van der Waals surface area contributed by atoms with Gasteiger partial charge in [-0.2, -0.15) is 0 Å². The summed E-state index contributed by atoms with van der Waals surface area (Å²) in [6.45, 7) is 2.97. The van der Waals surface area contributed by atoms with Gasteiger partial charge < -0.3 is 10.2 Å². The van der Waals surface area contributed by atoms with Gasteiger partial charge in [-0.3, -0.25) is 4.79 Å². The molecular formula is C21H29FN2O. The average Bonchev–Trinajstić information content (AvgIpc) is 3.09. The van der Waals surface area contributed by atoms with Crippen molar-refractivity contribution in [2.24, 2.45) is 17.8 Å². The van der Waals surface area contributed by atoms with Crippen LogP contribution in [0, 0.1) is 23.6 Å². The highest BCUT2D eigenvalue weighted by molar-refractivity contribution is 5.79. The van der Waals surface area contributed by atoms with E-state index < -0.39 is 0 Å². The molecule has 4 aliphatic rings. The van der Waals surface area contributed by atoms with Crippen LogP contribution in [-0.4, -0.2) is 36.5 Å². The van der Waals surface area contributed by atoms with Gasteiger partial charge in [-0.05, 0) is 61.6 Å². The van der Waals surface area contributed by atoms with Crippen LogP contribution in [0.1, 0.15) is 44.1 Å². The van der Waals surface area contributed by atoms with Gasteiger partial charge in [-0.1, -0.05) is 25.0 Å². The maximum absolute atomic E-state index is 13.0. The molecule has 3 nitrogen and oxygen atoms in total. The number of fused-ring (bicyclic) bond motifs is 3. The fraction of sp³-hybridized carbons (Fsp3) is 0.667. The molecule has 4 heteroatoms. The molecule has 2 atom stereocenters. The fourth-order valence-corrected chi connectivity index (χ4v) is 5.10. The Kier molecular flexibility index (Phi) is 5.07. The van der Waals surface area contributed by atoms with Crippen molar-refractivity contribution < 1.29 is 9.18 Å². The third-order valence-corrected chi connectivity index (χ3v) is 6.63. The van der Waals surface area contributed by atoms with E-state index in [9.17, 15) is 9.18 Å². The Morgan fingerprint density at radius 3 is 2.56 bits per heavy atom. The largest absolute Gasteiger partial charge is 0.352 e. The second-order valence-corrected chi connectivity index (χ2v) is 8.29. The van der Waals surface area contributed by atoms with Gasteiger partial charge in [0.15, 0.2) is 0 Å². The van der Waals surface area contributed by atoms with E-state index in [4.69, 9.17) is 0 Å². The molecule has 1 amide bonds. The molecule has 1 N–H and O–H groups in total. The van der Waals surface area contributed by atoms with Gasteiger partial charge in [0.1, 0.15) is 5.82 Å². The predicted octanol–water partition coefficient (Wildman–Crippen LogP) is 3.39. The fourth-order valence-electron chi connectivity index (χ4n) is 5.10. The highest BCUT2D eigenvalue weighted by Gasteiger charge is 2.40. The first-order chi connectivity index (χ1) is 12.2. The summed E-state index contributed by atoms with van der Waals surface area (Å²) < 4.78 is 13.0. The molecule has 4 fully saturated rings. The third kappa shape index (κ3) is 4.05. The van der Waals surface area contributed by atoms with Gasteiger partial charge in [0.2, 0.25) is 5.91 Å². The molecule has 0 aromatic heterocycles. The van der Waals surface area contributed by atoms with Gasteiger partial charge in [-0.15, -0.1) is 0 Å². The van der Waals surface area contributed by atoms with Crippen LogP contribution in [0.2, 0.25) is 0 Å². The molecular weight excluding hydrogens is 315 g/mol. The minimum Gasteiger partial charge on any atom is -0.352 e. The van der Waals surface area contributed by atoms with Crippen molar-refractivity contribution >= 4 is 5.91 Å².